The van der Waals surface area contributed by atoms with Gasteiger partial charge in [-0.2, -0.15) is 0 Å². The number of amides is 1. The topological polar surface area (TPSA) is 101 Å². The van der Waals surface area contributed by atoms with Gasteiger partial charge in [-0.15, -0.1) is 5.10 Å². The summed E-state index contributed by atoms with van der Waals surface area (Å²) in [7, 11) is 0. The van der Waals surface area contributed by atoms with Crippen molar-refractivity contribution in [3.05, 3.63) is 5.82 Å². The Morgan fingerprint density at radius 1 is 1.42 bits per heavy atom. The van der Waals surface area contributed by atoms with Crippen LogP contribution in [0.25, 0.3) is 0 Å². The van der Waals surface area contributed by atoms with E-state index in [-0.39, 0.29) is 12.5 Å². The second kappa shape index (κ2) is 5.33. The predicted molar refractivity (Wildman–Crippen MR) is 64.1 cm³/mol. The third-order valence-corrected chi connectivity index (χ3v) is 3.42. The fraction of sp³-hybridized carbons (Fsp3) is 0.727. The molecule has 1 aromatic rings. The van der Waals surface area contributed by atoms with Crippen molar-refractivity contribution in [1.29, 1.82) is 0 Å². The van der Waals surface area contributed by atoms with Crippen molar-refractivity contribution in [1.82, 2.24) is 25.1 Å². The van der Waals surface area contributed by atoms with E-state index in [1.165, 1.54) is 9.58 Å². The molecule has 1 amide bonds. The molecule has 0 spiro atoms. The molecule has 104 valence electrons. The summed E-state index contributed by atoms with van der Waals surface area (Å²) >= 11 is 0. The van der Waals surface area contributed by atoms with Gasteiger partial charge in [-0.1, -0.05) is 6.92 Å². The molecule has 1 fully saturated rings. The largest absolute Gasteiger partial charge is 0.480 e. The van der Waals surface area contributed by atoms with E-state index < -0.39 is 12.0 Å². The van der Waals surface area contributed by atoms with E-state index in [1.54, 1.807) is 6.92 Å². The highest BCUT2D eigenvalue weighted by Crippen LogP contribution is 2.22. The van der Waals surface area contributed by atoms with E-state index >= 15 is 0 Å². The zero-order chi connectivity index (χ0) is 14.0. The Labute approximate surface area is 110 Å². The second-order valence-corrected chi connectivity index (χ2v) is 4.97. The molecule has 2 atom stereocenters. The summed E-state index contributed by atoms with van der Waals surface area (Å²) in [6.45, 7) is 4.16. The number of hydrogen-bond donors (Lipinski definition) is 1. The minimum absolute atomic E-state index is 0.0185. The molecule has 0 bridgehead atoms. The molecule has 1 aromatic heterocycles. The summed E-state index contributed by atoms with van der Waals surface area (Å²) in [6.07, 6.45) is 1.32. The van der Waals surface area contributed by atoms with Crippen LogP contribution in [0.1, 0.15) is 25.6 Å². The van der Waals surface area contributed by atoms with Crippen molar-refractivity contribution in [2.75, 3.05) is 6.54 Å². The summed E-state index contributed by atoms with van der Waals surface area (Å²) in [4.78, 5) is 24.9. The van der Waals surface area contributed by atoms with Gasteiger partial charge in [0.25, 0.3) is 0 Å². The van der Waals surface area contributed by atoms with Crippen molar-refractivity contribution in [3.63, 3.8) is 0 Å². The maximum absolute atomic E-state index is 12.2. The van der Waals surface area contributed by atoms with Gasteiger partial charge in [0.1, 0.15) is 18.4 Å². The SMILES string of the molecule is Cc1nnnn1CC(=O)N1CC(C)CCC1C(=O)O. The van der Waals surface area contributed by atoms with Crippen molar-refractivity contribution < 1.29 is 14.7 Å². The lowest BCUT2D eigenvalue weighted by molar-refractivity contribution is -0.153. The molecule has 1 N–H and O–H groups in total. The molecule has 19 heavy (non-hydrogen) atoms. The molecule has 0 radical (unpaired) electrons. The average molecular weight is 267 g/mol. The highest BCUT2D eigenvalue weighted by Gasteiger charge is 2.34. The summed E-state index contributed by atoms with van der Waals surface area (Å²) in [5, 5.41) is 20.0. The van der Waals surface area contributed by atoms with Gasteiger partial charge in [0, 0.05) is 6.54 Å². The maximum atomic E-state index is 12.2. The number of rotatable bonds is 3. The lowest BCUT2D eigenvalue weighted by atomic mass is 9.94. The number of piperidine rings is 1. The number of aryl methyl sites for hydroxylation is 1. The van der Waals surface area contributed by atoms with Crippen LogP contribution in [0.4, 0.5) is 0 Å². The van der Waals surface area contributed by atoms with Crippen LogP contribution in [-0.2, 0) is 16.1 Å². The molecular formula is C11H17N5O3. The van der Waals surface area contributed by atoms with Gasteiger partial charge in [0.2, 0.25) is 5.91 Å². The number of tetrazole rings is 1. The van der Waals surface area contributed by atoms with E-state index in [9.17, 15) is 14.7 Å². The highest BCUT2D eigenvalue weighted by atomic mass is 16.4. The highest BCUT2D eigenvalue weighted by molar-refractivity contribution is 5.83. The first-order valence-corrected chi connectivity index (χ1v) is 6.24. The van der Waals surface area contributed by atoms with E-state index in [1.807, 2.05) is 6.92 Å². The van der Waals surface area contributed by atoms with Crippen molar-refractivity contribution in [2.45, 2.75) is 39.3 Å². The molecule has 2 unspecified atom stereocenters. The summed E-state index contributed by atoms with van der Waals surface area (Å²) in [6, 6.07) is -0.736. The predicted octanol–water partition coefficient (Wildman–Crippen LogP) is -0.307. The van der Waals surface area contributed by atoms with Crippen LogP contribution in [0.2, 0.25) is 0 Å². The maximum Gasteiger partial charge on any atom is 0.326 e. The first-order valence-electron chi connectivity index (χ1n) is 6.24. The van der Waals surface area contributed by atoms with Gasteiger partial charge in [-0.05, 0) is 36.1 Å². The third kappa shape index (κ3) is 2.88. The zero-order valence-corrected chi connectivity index (χ0v) is 11.0. The number of aliphatic carboxylic acids is 1. The molecule has 8 heteroatoms. The van der Waals surface area contributed by atoms with Crippen LogP contribution in [0.15, 0.2) is 0 Å². The summed E-state index contributed by atoms with van der Waals surface area (Å²) < 4.78 is 1.38. The number of hydrogen-bond acceptors (Lipinski definition) is 5. The Bertz CT molecular complexity index is 486. The van der Waals surface area contributed by atoms with Gasteiger partial charge in [-0.3, -0.25) is 4.79 Å². The zero-order valence-electron chi connectivity index (χ0n) is 11.0. The number of likely N-dealkylation sites (tertiary alicyclic amines) is 1. The Hall–Kier alpha value is -1.99. The first kappa shape index (κ1) is 13.4. The van der Waals surface area contributed by atoms with E-state index in [0.29, 0.717) is 24.7 Å². The standard InChI is InChI=1S/C11H17N5O3/c1-7-3-4-9(11(18)19)15(5-7)10(17)6-16-8(2)12-13-14-16/h7,9H,3-6H2,1-2H3,(H,18,19). The van der Waals surface area contributed by atoms with Gasteiger partial charge in [0.15, 0.2) is 0 Å². The van der Waals surface area contributed by atoms with Crippen LogP contribution in [0, 0.1) is 12.8 Å². The summed E-state index contributed by atoms with van der Waals surface area (Å²) in [5.41, 5.74) is 0. The molecule has 1 saturated heterocycles. The number of carboxylic acids is 1. The molecule has 1 aliphatic rings. The number of nitrogens with zero attached hydrogens (tertiary/aromatic N) is 5. The monoisotopic (exact) mass is 267 g/mol. The average Bonchev–Trinajstić information content (AvgIpc) is 2.74. The van der Waals surface area contributed by atoms with Crippen LogP contribution in [0.5, 0.6) is 0 Å². The van der Waals surface area contributed by atoms with Crippen molar-refractivity contribution >= 4 is 11.9 Å². The molecule has 8 nitrogen and oxygen atoms in total. The number of carboxylic acid groups (broad SMARTS) is 1. The molecule has 1 aliphatic heterocycles. The fourth-order valence-electron chi connectivity index (χ4n) is 2.30. The smallest absolute Gasteiger partial charge is 0.326 e. The molecule has 0 saturated carbocycles. The number of aromatic nitrogens is 4. The Morgan fingerprint density at radius 3 is 2.74 bits per heavy atom. The van der Waals surface area contributed by atoms with E-state index in [4.69, 9.17) is 0 Å². The van der Waals surface area contributed by atoms with Crippen LogP contribution in [-0.4, -0.2) is 54.7 Å². The van der Waals surface area contributed by atoms with Crippen molar-refractivity contribution in [3.8, 4) is 0 Å². The summed E-state index contributed by atoms with van der Waals surface area (Å²) in [5.74, 6) is -0.358. The minimum atomic E-state index is -0.950. The van der Waals surface area contributed by atoms with Gasteiger partial charge >= 0.3 is 5.97 Å². The van der Waals surface area contributed by atoms with Crippen LogP contribution < -0.4 is 0 Å². The molecule has 0 aliphatic carbocycles. The third-order valence-electron chi connectivity index (χ3n) is 3.42. The van der Waals surface area contributed by atoms with Gasteiger partial charge < -0.3 is 10.0 Å². The van der Waals surface area contributed by atoms with Gasteiger partial charge in [-0.25, -0.2) is 9.48 Å². The quantitative estimate of drug-likeness (QED) is 0.806. The first-order chi connectivity index (χ1) is 8.99. The van der Waals surface area contributed by atoms with E-state index in [2.05, 4.69) is 15.5 Å². The Morgan fingerprint density at radius 2 is 2.16 bits per heavy atom. The lowest BCUT2D eigenvalue weighted by Gasteiger charge is -2.36. The molecule has 2 heterocycles. The Kier molecular flexibility index (Phi) is 3.77. The minimum Gasteiger partial charge on any atom is -0.480 e. The van der Waals surface area contributed by atoms with Crippen LogP contribution in [0.3, 0.4) is 0 Å². The number of carbonyl (C=O) groups is 2. The van der Waals surface area contributed by atoms with Gasteiger partial charge in [0.05, 0.1) is 0 Å². The van der Waals surface area contributed by atoms with Crippen LogP contribution >= 0.6 is 0 Å². The lowest BCUT2D eigenvalue weighted by Crippen LogP contribution is -2.51. The van der Waals surface area contributed by atoms with Crippen molar-refractivity contribution in [2.24, 2.45) is 5.92 Å². The molecule has 0 aromatic carbocycles. The normalized spacial score (nSPS) is 23.4. The Balaban J connectivity index is 2.10. The van der Waals surface area contributed by atoms with E-state index in [0.717, 1.165) is 6.42 Å². The second-order valence-electron chi connectivity index (χ2n) is 4.97. The number of carbonyl (C=O) groups excluding carboxylic acids is 1. The molecular weight excluding hydrogens is 250 g/mol. The molecule has 2 rings (SSSR count). The fourth-order valence-corrected chi connectivity index (χ4v) is 2.30.